The van der Waals surface area contributed by atoms with Gasteiger partial charge in [0.1, 0.15) is 0 Å². The van der Waals surface area contributed by atoms with Gasteiger partial charge in [0.15, 0.2) is 11.5 Å². The lowest BCUT2D eigenvalue weighted by Crippen LogP contribution is -2.37. The van der Waals surface area contributed by atoms with E-state index in [4.69, 9.17) is 4.52 Å². The lowest BCUT2D eigenvalue weighted by Gasteiger charge is -2.30. The van der Waals surface area contributed by atoms with Gasteiger partial charge in [-0.05, 0) is 49.4 Å². The second-order valence-electron chi connectivity index (χ2n) is 7.08. The molecule has 0 unspecified atom stereocenters. The van der Waals surface area contributed by atoms with Crippen molar-refractivity contribution in [2.45, 2.75) is 25.7 Å². The summed E-state index contributed by atoms with van der Waals surface area (Å²) in [5.74, 6) is 1.43. The molecule has 0 spiro atoms. The van der Waals surface area contributed by atoms with Crippen LogP contribution in [0.2, 0.25) is 0 Å². The minimum atomic E-state index is 0.119. The molecule has 4 aromatic rings. The van der Waals surface area contributed by atoms with Crippen molar-refractivity contribution in [2.24, 2.45) is 0 Å². The summed E-state index contributed by atoms with van der Waals surface area (Å²) >= 11 is 3.19. The van der Waals surface area contributed by atoms with Crippen molar-refractivity contribution in [3.8, 4) is 22.2 Å². The number of hydrogen-bond donors (Lipinski definition) is 1. The molecule has 0 aromatic carbocycles. The smallest absolute Gasteiger partial charge is 0.278 e. The number of nitrogens with one attached hydrogen (secondary N) is 1. The number of aromatic amines is 1. The molecule has 1 fully saturated rings. The average Bonchev–Trinajstić information content (AvgIpc) is 3.54. The number of H-pyrrole nitrogens is 1. The Balaban J connectivity index is 1.24. The number of rotatable bonds is 4. The van der Waals surface area contributed by atoms with Crippen molar-refractivity contribution in [2.75, 3.05) is 13.1 Å². The van der Waals surface area contributed by atoms with Gasteiger partial charge in [-0.25, -0.2) is 0 Å². The predicted molar refractivity (Wildman–Crippen MR) is 112 cm³/mol. The lowest BCUT2D eigenvalue weighted by atomic mass is 9.96. The lowest BCUT2D eigenvalue weighted by molar-refractivity contribution is 0.0715. The second-order valence-corrected chi connectivity index (χ2v) is 9.31. The van der Waals surface area contributed by atoms with Crippen LogP contribution in [0.15, 0.2) is 40.2 Å². The van der Waals surface area contributed by atoms with E-state index in [1.165, 1.54) is 0 Å². The molecule has 0 aliphatic carbocycles. The Kier molecular flexibility index (Phi) is 4.76. The maximum Gasteiger partial charge on any atom is 0.278 e. The molecule has 1 aliphatic rings. The number of nitrogens with zero attached hydrogens (tertiary/aromatic N) is 4. The number of likely N-dealkylation sites (tertiary alicyclic amines) is 1. The number of thiophene rings is 2. The second kappa shape index (κ2) is 7.57. The van der Waals surface area contributed by atoms with Crippen LogP contribution in [0.25, 0.3) is 22.2 Å². The van der Waals surface area contributed by atoms with E-state index < -0.39 is 0 Å². The van der Waals surface area contributed by atoms with Crippen LogP contribution < -0.4 is 0 Å². The Labute approximate surface area is 175 Å². The van der Waals surface area contributed by atoms with Crippen LogP contribution >= 0.6 is 22.7 Å². The number of aryl methyl sites for hydroxylation is 1. The van der Waals surface area contributed by atoms with Crippen LogP contribution in [0.3, 0.4) is 0 Å². The molecule has 1 amide bonds. The van der Waals surface area contributed by atoms with Gasteiger partial charge in [-0.2, -0.15) is 10.1 Å². The van der Waals surface area contributed by atoms with Crippen LogP contribution in [0.5, 0.6) is 0 Å². The zero-order valence-corrected chi connectivity index (χ0v) is 17.4. The molecule has 5 heterocycles. The largest absolute Gasteiger partial charge is 0.338 e. The average molecular weight is 426 g/mol. The van der Waals surface area contributed by atoms with E-state index in [0.29, 0.717) is 30.5 Å². The summed E-state index contributed by atoms with van der Waals surface area (Å²) in [5.41, 5.74) is 1.58. The number of amides is 1. The first-order valence-corrected chi connectivity index (χ1v) is 11.2. The van der Waals surface area contributed by atoms with Gasteiger partial charge in [0, 0.05) is 23.9 Å². The summed E-state index contributed by atoms with van der Waals surface area (Å²) < 4.78 is 5.46. The summed E-state index contributed by atoms with van der Waals surface area (Å²) in [6.45, 7) is 3.43. The molecule has 1 aliphatic heterocycles. The molecule has 9 heteroatoms. The molecule has 148 valence electrons. The van der Waals surface area contributed by atoms with Gasteiger partial charge >= 0.3 is 0 Å². The SMILES string of the molecule is Cc1ccc(C(=O)N2CCC(c3noc(-c4cc(-c5cccs5)[nH]n4)n3)CC2)s1. The highest BCUT2D eigenvalue weighted by Gasteiger charge is 2.28. The number of hydrogen-bond acceptors (Lipinski definition) is 7. The highest BCUT2D eigenvalue weighted by molar-refractivity contribution is 7.14. The van der Waals surface area contributed by atoms with Crippen molar-refractivity contribution in [3.05, 3.63) is 51.3 Å². The van der Waals surface area contributed by atoms with Gasteiger partial charge < -0.3 is 9.42 Å². The Morgan fingerprint density at radius 2 is 2.14 bits per heavy atom. The molecular formula is C20H19N5O2S2. The van der Waals surface area contributed by atoms with Crippen LogP contribution in [0.1, 0.15) is 39.1 Å². The highest BCUT2D eigenvalue weighted by Crippen LogP contribution is 2.30. The fourth-order valence-corrected chi connectivity index (χ4v) is 5.07. The van der Waals surface area contributed by atoms with Gasteiger partial charge in [0.2, 0.25) is 0 Å². The molecule has 29 heavy (non-hydrogen) atoms. The number of aromatic nitrogens is 4. The molecule has 0 bridgehead atoms. The Hall–Kier alpha value is -2.78. The molecular weight excluding hydrogens is 406 g/mol. The van der Waals surface area contributed by atoms with Crippen molar-refractivity contribution >= 4 is 28.6 Å². The summed E-state index contributed by atoms with van der Waals surface area (Å²) in [4.78, 5) is 22.2. The van der Waals surface area contributed by atoms with Crippen LogP contribution in [0.4, 0.5) is 0 Å². The van der Waals surface area contributed by atoms with Crippen LogP contribution in [0, 0.1) is 6.92 Å². The van der Waals surface area contributed by atoms with E-state index in [0.717, 1.165) is 33.2 Å². The van der Waals surface area contributed by atoms with Crippen molar-refractivity contribution in [3.63, 3.8) is 0 Å². The normalized spacial score (nSPS) is 15.1. The third kappa shape index (κ3) is 3.63. The minimum absolute atomic E-state index is 0.119. The van der Waals surface area contributed by atoms with E-state index in [2.05, 4.69) is 20.3 Å². The topological polar surface area (TPSA) is 87.9 Å². The van der Waals surface area contributed by atoms with Crippen molar-refractivity contribution in [1.29, 1.82) is 0 Å². The van der Waals surface area contributed by atoms with Crippen molar-refractivity contribution < 1.29 is 9.32 Å². The maximum absolute atomic E-state index is 12.6. The maximum atomic E-state index is 12.6. The summed E-state index contributed by atoms with van der Waals surface area (Å²) in [6.07, 6.45) is 1.66. The van der Waals surface area contributed by atoms with E-state index in [1.807, 2.05) is 47.5 Å². The number of piperidine rings is 1. The van der Waals surface area contributed by atoms with Gasteiger partial charge in [-0.15, -0.1) is 22.7 Å². The van der Waals surface area contributed by atoms with E-state index in [9.17, 15) is 4.79 Å². The van der Waals surface area contributed by atoms with E-state index >= 15 is 0 Å². The number of carbonyl (C=O) groups excluding carboxylic acids is 1. The fraction of sp³-hybridized carbons (Fsp3) is 0.300. The van der Waals surface area contributed by atoms with Gasteiger partial charge in [-0.3, -0.25) is 9.89 Å². The molecule has 1 saturated heterocycles. The monoisotopic (exact) mass is 425 g/mol. The quantitative estimate of drug-likeness (QED) is 0.517. The van der Waals surface area contributed by atoms with E-state index in [1.54, 1.807) is 22.7 Å². The van der Waals surface area contributed by atoms with Crippen LogP contribution in [-0.2, 0) is 0 Å². The van der Waals surface area contributed by atoms with Gasteiger partial charge in [-0.1, -0.05) is 11.2 Å². The molecule has 7 nitrogen and oxygen atoms in total. The molecule has 1 N–H and O–H groups in total. The Morgan fingerprint density at radius 1 is 1.28 bits per heavy atom. The molecule has 0 radical (unpaired) electrons. The first kappa shape index (κ1) is 18.3. The third-order valence-corrected chi connectivity index (χ3v) is 7.02. The minimum Gasteiger partial charge on any atom is -0.338 e. The third-order valence-electron chi connectivity index (χ3n) is 5.12. The predicted octanol–water partition coefficient (Wildman–Crippen LogP) is 4.58. The Morgan fingerprint density at radius 3 is 2.86 bits per heavy atom. The van der Waals surface area contributed by atoms with Crippen LogP contribution in [-0.4, -0.2) is 44.2 Å². The Bertz CT molecular complexity index is 1120. The summed E-state index contributed by atoms with van der Waals surface area (Å²) in [7, 11) is 0. The fourth-order valence-electron chi connectivity index (χ4n) is 3.54. The summed E-state index contributed by atoms with van der Waals surface area (Å²) in [5, 5.41) is 13.5. The molecule has 0 saturated carbocycles. The first-order valence-electron chi connectivity index (χ1n) is 9.46. The van der Waals surface area contributed by atoms with Gasteiger partial charge in [0.05, 0.1) is 15.4 Å². The zero-order valence-electron chi connectivity index (χ0n) is 15.8. The van der Waals surface area contributed by atoms with Gasteiger partial charge in [0.25, 0.3) is 11.8 Å². The zero-order chi connectivity index (χ0) is 19.8. The number of carbonyl (C=O) groups is 1. The highest BCUT2D eigenvalue weighted by atomic mass is 32.1. The molecule has 4 aromatic heterocycles. The molecule has 0 atom stereocenters. The van der Waals surface area contributed by atoms with E-state index in [-0.39, 0.29) is 11.8 Å². The standard InChI is InChI=1S/C20H19N5O2S2/c1-12-4-5-17(29-12)20(26)25-8-6-13(7-9-25)18-21-19(27-24-18)15-11-14(22-23-15)16-3-2-10-28-16/h2-5,10-11,13H,6-9H2,1H3,(H,22,23). The first-order chi connectivity index (χ1) is 14.2. The van der Waals surface area contributed by atoms with Crippen molar-refractivity contribution in [1.82, 2.24) is 25.2 Å². The molecule has 5 rings (SSSR count). The summed E-state index contributed by atoms with van der Waals surface area (Å²) in [6, 6.07) is 9.86.